The number of carbonyl (C=O) groups is 1. The summed E-state index contributed by atoms with van der Waals surface area (Å²) in [5.74, 6) is 1.75. The number of nitrogens with zero attached hydrogens (tertiary/aromatic N) is 1. The summed E-state index contributed by atoms with van der Waals surface area (Å²) in [4.78, 5) is 13.4. The average Bonchev–Trinajstić information content (AvgIpc) is 2.30. The van der Waals surface area contributed by atoms with Crippen molar-refractivity contribution in [3.63, 3.8) is 0 Å². The molecule has 2 heterocycles. The van der Waals surface area contributed by atoms with Crippen molar-refractivity contribution in [3.8, 4) is 0 Å². The molecule has 0 aromatic rings. The van der Waals surface area contributed by atoms with Gasteiger partial charge < -0.3 is 10.2 Å². The minimum atomic E-state index is 0.244. The highest BCUT2D eigenvalue weighted by Gasteiger charge is 2.30. The molecule has 3 nitrogen and oxygen atoms in total. The van der Waals surface area contributed by atoms with Crippen molar-refractivity contribution in [2.45, 2.75) is 45.6 Å². The van der Waals surface area contributed by atoms with Gasteiger partial charge in [-0.2, -0.15) is 0 Å². The van der Waals surface area contributed by atoms with Gasteiger partial charge in [-0.05, 0) is 44.1 Å². The average molecular weight is 224 g/mol. The van der Waals surface area contributed by atoms with Crippen LogP contribution in [0, 0.1) is 11.8 Å². The van der Waals surface area contributed by atoms with Gasteiger partial charge in [0.15, 0.2) is 0 Å². The summed E-state index contributed by atoms with van der Waals surface area (Å²) in [7, 11) is 0. The van der Waals surface area contributed by atoms with E-state index >= 15 is 0 Å². The summed E-state index contributed by atoms with van der Waals surface area (Å²) in [6.45, 7) is 7.10. The van der Waals surface area contributed by atoms with Crippen LogP contribution in [-0.4, -0.2) is 36.5 Å². The number of rotatable bonds is 1. The molecule has 2 aliphatic rings. The number of piperidine rings is 2. The lowest BCUT2D eigenvalue weighted by atomic mass is 9.84. The third kappa shape index (κ3) is 2.76. The fraction of sp³-hybridized carbons (Fsp3) is 0.923. The third-order valence-corrected chi connectivity index (χ3v) is 4.17. The molecule has 92 valence electrons. The molecule has 0 bridgehead atoms. The molecule has 1 unspecified atom stereocenters. The normalized spacial score (nSPS) is 36.1. The molecule has 0 aromatic carbocycles. The summed E-state index contributed by atoms with van der Waals surface area (Å²) in [5, 5.41) is 3.66. The van der Waals surface area contributed by atoms with Crippen LogP contribution in [0.2, 0.25) is 0 Å². The minimum Gasteiger partial charge on any atom is -0.343 e. The Kier molecular flexibility index (Phi) is 3.85. The van der Waals surface area contributed by atoms with E-state index < -0.39 is 0 Å². The minimum absolute atomic E-state index is 0.244. The fourth-order valence-electron chi connectivity index (χ4n) is 3.05. The topological polar surface area (TPSA) is 32.3 Å². The zero-order valence-corrected chi connectivity index (χ0v) is 10.5. The van der Waals surface area contributed by atoms with Crippen molar-refractivity contribution in [1.29, 1.82) is 0 Å². The second-order valence-electron chi connectivity index (χ2n) is 5.56. The lowest BCUT2D eigenvalue weighted by molar-refractivity contribution is -0.130. The van der Waals surface area contributed by atoms with Gasteiger partial charge in [0.25, 0.3) is 0 Å². The molecule has 1 N–H and O–H groups in total. The largest absolute Gasteiger partial charge is 0.343 e. The molecule has 3 atom stereocenters. The Morgan fingerprint density at radius 3 is 2.75 bits per heavy atom. The lowest BCUT2D eigenvalue weighted by Gasteiger charge is -2.39. The summed E-state index contributed by atoms with van der Waals surface area (Å²) < 4.78 is 0. The Hall–Kier alpha value is -0.570. The molecular formula is C13H24N2O. The van der Waals surface area contributed by atoms with Crippen LogP contribution in [0.3, 0.4) is 0 Å². The molecule has 3 heteroatoms. The summed E-state index contributed by atoms with van der Waals surface area (Å²) >= 11 is 0. The number of amides is 1. The Morgan fingerprint density at radius 1 is 1.31 bits per heavy atom. The maximum Gasteiger partial charge on any atom is 0.219 e. The van der Waals surface area contributed by atoms with E-state index in [0.717, 1.165) is 25.6 Å². The van der Waals surface area contributed by atoms with Gasteiger partial charge >= 0.3 is 0 Å². The van der Waals surface area contributed by atoms with E-state index in [1.165, 1.54) is 25.7 Å². The van der Waals surface area contributed by atoms with Gasteiger partial charge in [-0.1, -0.05) is 6.92 Å². The van der Waals surface area contributed by atoms with Crippen LogP contribution in [0.15, 0.2) is 0 Å². The van der Waals surface area contributed by atoms with Gasteiger partial charge in [0.2, 0.25) is 5.91 Å². The van der Waals surface area contributed by atoms with Crippen LogP contribution in [-0.2, 0) is 4.79 Å². The quantitative estimate of drug-likeness (QED) is 0.734. The standard InChI is InChI=1S/C13H24N2O/c1-10-5-6-13(14-8-10)12-4-3-7-15(9-12)11(2)16/h10,12-14H,3-9H2,1-2H3/t10-,12?,13+/m0/s1. The van der Waals surface area contributed by atoms with E-state index in [-0.39, 0.29) is 5.91 Å². The predicted octanol–water partition coefficient (Wildman–Crippen LogP) is 1.63. The van der Waals surface area contributed by atoms with Crippen LogP contribution >= 0.6 is 0 Å². The highest BCUT2D eigenvalue weighted by molar-refractivity contribution is 5.73. The highest BCUT2D eigenvalue weighted by Crippen LogP contribution is 2.26. The second kappa shape index (κ2) is 5.17. The summed E-state index contributed by atoms with van der Waals surface area (Å²) in [6.07, 6.45) is 5.10. The van der Waals surface area contributed by atoms with Crippen molar-refractivity contribution in [1.82, 2.24) is 10.2 Å². The zero-order chi connectivity index (χ0) is 11.5. The molecule has 1 amide bonds. The van der Waals surface area contributed by atoms with E-state index in [2.05, 4.69) is 12.2 Å². The molecule has 0 saturated carbocycles. The van der Waals surface area contributed by atoms with Crippen LogP contribution in [0.1, 0.15) is 39.5 Å². The monoisotopic (exact) mass is 224 g/mol. The number of hydrogen-bond donors (Lipinski definition) is 1. The number of nitrogens with one attached hydrogen (secondary N) is 1. The molecule has 2 rings (SSSR count). The first-order valence-electron chi connectivity index (χ1n) is 6.65. The van der Waals surface area contributed by atoms with E-state index in [1.807, 2.05) is 4.90 Å². The number of carbonyl (C=O) groups excluding carboxylic acids is 1. The first-order valence-corrected chi connectivity index (χ1v) is 6.65. The fourth-order valence-corrected chi connectivity index (χ4v) is 3.05. The van der Waals surface area contributed by atoms with Crippen LogP contribution in [0.25, 0.3) is 0 Å². The van der Waals surface area contributed by atoms with Crippen LogP contribution < -0.4 is 5.32 Å². The highest BCUT2D eigenvalue weighted by atomic mass is 16.2. The third-order valence-electron chi connectivity index (χ3n) is 4.17. The van der Waals surface area contributed by atoms with Gasteiger partial charge in [0.05, 0.1) is 0 Å². The number of likely N-dealkylation sites (tertiary alicyclic amines) is 1. The van der Waals surface area contributed by atoms with Crippen LogP contribution in [0.5, 0.6) is 0 Å². The molecule has 2 saturated heterocycles. The van der Waals surface area contributed by atoms with Gasteiger partial charge in [0, 0.05) is 26.1 Å². The molecule has 0 aromatic heterocycles. The van der Waals surface area contributed by atoms with E-state index in [9.17, 15) is 4.79 Å². The first kappa shape index (κ1) is 11.9. The molecule has 2 fully saturated rings. The Morgan fingerprint density at radius 2 is 2.12 bits per heavy atom. The Bertz CT molecular complexity index is 246. The first-order chi connectivity index (χ1) is 7.66. The smallest absolute Gasteiger partial charge is 0.219 e. The molecule has 0 spiro atoms. The molecular weight excluding hydrogens is 200 g/mol. The molecule has 0 aliphatic carbocycles. The van der Waals surface area contributed by atoms with Gasteiger partial charge in [-0.3, -0.25) is 4.79 Å². The van der Waals surface area contributed by atoms with E-state index in [0.29, 0.717) is 12.0 Å². The second-order valence-corrected chi connectivity index (χ2v) is 5.56. The van der Waals surface area contributed by atoms with Crippen LogP contribution in [0.4, 0.5) is 0 Å². The van der Waals surface area contributed by atoms with Gasteiger partial charge in [0.1, 0.15) is 0 Å². The molecule has 0 radical (unpaired) electrons. The lowest BCUT2D eigenvalue weighted by Crippen LogP contribution is -2.49. The number of hydrogen-bond acceptors (Lipinski definition) is 2. The Labute approximate surface area is 98.6 Å². The van der Waals surface area contributed by atoms with Crippen molar-refractivity contribution in [2.24, 2.45) is 11.8 Å². The summed E-state index contributed by atoms with van der Waals surface area (Å²) in [5.41, 5.74) is 0. The van der Waals surface area contributed by atoms with Crippen molar-refractivity contribution in [2.75, 3.05) is 19.6 Å². The molecule has 16 heavy (non-hydrogen) atoms. The van der Waals surface area contributed by atoms with Gasteiger partial charge in [-0.15, -0.1) is 0 Å². The van der Waals surface area contributed by atoms with Gasteiger partial charge in [-0.25, -0.2) is 0 Å². The maximum atomic E-state index is 11.4. The maximum absolute atomic E-state index is 11.4. The van der Waals surface area contributed by atoms with E-state index in [4.69, 9.17) is 0 Å². The van der Waals surface area contributed by atoms with Crippen molar-refractivity contribution in [3.05, 3.63) is 0 Å². The Balaban J connectivity index is 1.87. The summed E-state index contributed by atoms with van der Waals surface area (Å²) in [6, 6.07) is 0.651. The predicted molar refractivity (Wildman–Crippen MR) is 65.2 cm³/mol. The van der Waals surface area contributed by atoms with E-state index in [1.54, 1.807) is 6.92 Å². The van der Waals surface area contributed by atoms with Crippen molar-refractivity contribution < 1.29 is 4.79 Å². The SMILES string of the molecule is CC(=O)N1CCCC([C@H]2CC[C@H](C)CN2)C1. The zero-order valence-electron chi connectivity index (χ0n) is 10.5. The van der Waals surface area contributed by atoms with Crippen molar-refractivity contribution >= 4 is 5.91 Å². The molecule has 2 aliphatic heterocycles.